The van der Waals surface area contributed by atoms with Gasteiger partial charge in [-0.2, -0.15) is 0 Å². The number of benzene rings is 1. The minimum absolute atomic E-state index is 0.0324. The Labute approximate surface area is 92.6 Å². The summed E-state index contributed by atoms with van der Waals surface area (Å²) in [5.41, 5.74) is 0.946. The van der Waals surface area contributed by atoms with Crippen LogP contribution < -0.4 is 0 Å². The third kappa shape index (κ3) is 1.33. The van der Waals surface area contributed by atoms with E-state index in [-0.39, 0.29) is 17.8 Å². The molecule has 1 atom stereocenters. The van der Waals surface area contributed by atoms with Gasteiger partial charge in [0, 0.05) is 18.8 Å². The zero-order chi connectivity index (χ0) is 11.1. The molecule has 3 nitrogen and oxygen atoms in total. The first-order valence-electron chi connectivity index (χ1n) is 5.40. The molecule has 1 amide bonds. The van der Waals surface area contributed by atoms with Gasteiger partial charge in [0.1, 0.15) is 5.82 Å². The van der Waals surface area contributed by atoms with Crippen molar-refractivity contribution in [2.75, 3.05) is 6.54 Å². The van der Waals surface area contributed by atoms with Crippen LogP contribution in [0, 0.1) is 5.82 Å². The Bertz CT molecular complexity index is 484. The minimum Gasteiger partial charge on any atom is -0.331 e. The van der Waals surface area contributed by atoms with Crippen LogP contribution in [-0.2, 0) is 0 Å². The van der Waals surface area contributed by atoms with Crippen LogP contribution in [0.15, 0.2) is 23.2 Å². The quantitative estimate of drug-likeness (QED) is 0.656. The highest BCUT2D eigenvalue weighted by Gasteiger charge is 2.31. The highest BCUT2D eigenvalue weighted by atomic mass is 19.1. The van der Waals surface area contributed by atoms with Gasteiger partial charge in [-0.1, -0.05) is 0 Å². The lowest BCUT2D eigenvalue weighted by Crippen LogP contribution is -2.35. The molecule has 1 fully saturated rings. The zero-order valence-electron chi connectivity index (χ0n) is 8.69. The number of hydrogen-bond donors (Lipinski definition) is 0. The van der Waals surface area contributed by atoms with Gasteiger partial charge in [0.15, 0.2) is 0 Å². The molecule has 0 bridgehead atoms. The van der Waals surface area contributed by atoms with Crippen molar-refractivity contribution in [3.63, 3.8) is 0 Å². The van der Waals surface area contributed by atoms with Crippen molar-refractivity contribution in [1.82, 2.24) is 4.90 Å². The van der Waals surface area contributed by atoms with E-state index >= 15 is 0 Å². The second-order valence-electron chi connectivity index (χ2n) is 4.15. The number of amides is 1. The van der Waals surface area contributed by atoms with E-state index in [0.29, 0.717) is 11.3 Å². The van der Waals surface area contributed by atoms with E-state index in [1.807, 2.05) is 4.90 Å². The van der Waals surface area contributed by atoms with Crippen LogP contribution in [0.25, 0.3) is 0 Å². The summed E-state index contributed by atoms with van der Waals surface area (Å²) in [6.07, 6.45) is 3.72. The van der Waals surface area contributed by atoms with Crippen LogP contribution in [0.4, 0.5) is 10.1 Å². The highest BCUT2D eigenvalue weighted by molar-refractivity contribution is 6.02. The van der Waals surface area contributed by atoms with Crippen LogP contribution in [0.5, 0.6) is 0 Å². The van der Waals surface area contributed by atoms with E-state index in [4.69, 9.17) is 0 Å². The first kappa shape index (κ1) is 9.51. The number of nitrogens with zero attached hydrogens (tertiary/aromatic N) is 2. The fourth-order valence-electron chi connectivity index (χ4n) is 2.31. The number of halogens is 1. The van der Waals surface area contributed by atoms with Crippen molar-refractivity contribution in [3.05, 3.63) is 29.6 Å². The van der Waals surface area contributed by atoms with Gasteiger partial charge in [0.25, 0.3) is 5.91 Å². The van der Waals surface area contributed by atoms with Crippen molar-refractivity contribution in [3.8, 4) is 0 Å². The summed E-state index contributed by atoms with van der Waals surface area (Å²) in [4.78, 5) is 18.2. The van der Waals surface area contributed by atoms with Gasteiger partial charge in [-0.15, -0.1) is 0 Å². The predicted molar refractivity (Wildman–Crippen MR) is 58.6 cm³/mol. The summed E-state index contributed by atoms with van der Waals surface area (Å²) >= 11 is 0. The summed E-state index contributed by atoms with van der Waals surface area (Å²) in [5, 5.41) is 0. The molecule has 0 saturated carbocycles. The third-order valence-corrected chi connectivity index (χ3v) is 3.14. The fraction of sp³-hybridized carbons (Fsp3) is 0.333. The number of rotatable bonds is 0. The predicted octanol–water partition coefficient (Wildman–Crippen LogP) is 2.15. The Hall–Kier alpha value is -1.71. The second kappa shape index (κ2) is 3.40. The maximum Gasteiger partial charge on any atom is 0.256 e. The average molecular weight is 218 g/mol. The van der Waals surface area contributed by atoms with E-state index in [2.05, 4.69) is 4.99 Å². The van der Waals surface area contributed by atoms with Crippen molar-refractivity contribution in [2.24, 2.45) is 4.99 Å². The molecule has 0 spiro atoms. The van der Waals surface area contributed by atoms with Gasteiger partial charge < -0.3 is 4.90 Å². The van der Waals surface area contributed by atoms with Crippen LogP contribution in [0.2, 0.25) is 0 Å². The number of aliphatic imine (C=N–C) groups is 1. The molecule has 2 heterocycles. The molecule has 2 aliphatic heterocycles. The number of carbonyl (C=O) groups excluding carboxylic acids is 1. The summed E-state index contributed by atoms with van der Waals surface area (Å²) in [6.45, 7) is 0.770. The van der Waals surface area contributed by atoms with Crippen molar-refractivity contribution in [1.29, 1.82) is 0 Å². The minimum atomic E-state index is -0.356. The lowest BCUT2D eigenvalue weighted by molar-refractivity contribution is 0.0775. The van der Waals surface area contributed by atoms with E-state index in [9.17, 15) is 9.18 Å². The molecule has 1 aromatic rings. The smallest absolute Gasteiger partial charge is 0.256 e. The van der Waals surface area contributed by atoms with Crippen LogP contribution >= 0.6 is 0 Å². The molecule has 1 saturated heterocycles. The van der Waals surface area contributed by atoms with Gasteiger partial charge in [0.2, 0.25) is 0 Å². The third-order valence-electron chi connectivity index (χ3n) is 3.14. The molecule has 0 radical (unpaired) electrons. The largest absolute Gasteiger partial charge is 0.331 e. The zero-order valence-corrected chi connectivity index (χ0v) is 8.69. The van der Waals surface area contributed by atoms with Crippen LogP contribution in [0.1, 0.15) is 23.2 Å². The molecule has 16 heavy (non-hydrogen) atoms. The van der Waals surface area contributed by atoms with Gasteiger partial charge in [0.05, 0.1) is 17.3 Å². The van der Waals surface area contributed by atoms with E-state index in [1.165, 1.54) is 18.2 Å². The Morgan fingerprint density at radius 3 is 3.19 bits per heavy atom. The van der Waals surface area contributed by atoms with E-state index in [0.717, 1.165) is 19.4 Å². The molecular weight excluding hydrogens is 207 g/mol. The van der Waals surface area contributed by atoms with E-state index in [1.54, 1.807) is 6.21 Å². The van der Waals surface area contributed by atoms with Gasteiger partial charge in [-0.25, -0.2) is 4.39 Å². The average Bonchev–Trinajstić information content (AvgIpc) is 2.69. The Morgan fingerprint density at radius 1 is 1.44 bits per heavy atom. The number of carbonyl (C=O) groups is 1. The van der Waals surface area contributed by atoms with Gasteiger partial charge in [-0.05, 0) is 25.0 Å². The summed E-state index contributed by atoms with van der Waals surface area (Å²) in [7, 11) is 0. The summed E-state index contributed by atoms with van der Waals surface area (Å²) < 4.78 is 13.0. The number of fused-ring (bicyclic) bond motifs is 2. The summed E-state index contributed by atoms with van der Waals surface area (Å²) in [5.74, 6) is -0.388. The van der Waals surface area contributed by atoms with E-state index < -0.39 is 0 Å². The molecule has 82 valence electrons. The Kier molecular flexibility index (Phi) is 2.02. The molecule has 3 rings (SSSR count). The maximum atomic E-state index is 13.0. The second-order valence-corrected chi connectivity index (χ2v) is 4.15. The standard InChI is InChI=1S/C12H11FN2O/c13-8-3-4-10-11(6-8)14-7-9-2-1-5-15(9)12(10)16/h3-4,6-7,9H,1-2,5H2/t9-/m0/s1. The van der Waals surface area contributed by atoms with Crippen molar-refractivity contribution < 1.29 is 9.18 Å². The normalized spacial score (nSPS) is 22.9. The fourth-order valence-corrected chi connectivity index (χ4v) is 2.31. The molecule has 1 aromatic carbocycles. The summed E-state index contributed by atoms with van der Waals surface area (Å²) in [6, 6.07) is 4.22. The molecular formula is C12H11FN2O. The monoisotopic (exact) mass is 218 g/mol. The molecule has 2 aliphatic rings. The van der Waals surface area contributed by atoms with Crippen LogP contribution in [0.3, 0.4) is 0 Å². The molecule has 0 aliphatic carbocycles. The Morgan fingerprint density at radius 2 is 2.31 bits per heavy atom. The maximum absolute atomic E-state index is 13.0. The molecule has 0 unspecified atom stereocenters. The first-order chi connectivity index (χ1) is 7.75. The van der Waals surface area contributed by atoms with Gasteiger partial charge in [-0.3, -0.25) is 9.79 Å². The lowest BCUT2D eigenvalue weighted by atomic mass is 10.1. The first-order valence-corrected chi connectivity index (χ1v) is 5.40. The van der Waals surface area contributed by atoms with Crippen LogP contribution in [-0.4, -0.2) is 29.6 Å². The Balaban J connectivity index is 2.12. The highest BCUT2D eigenvalue weighted by Crippen LogP contribution is 2.28. The molecule has 4 heteroatoms. The number of hydrogen-bond acceptors (Lipinski definition) is 2. The van der Waals surface area contributed by atoms with Crippen molar-refractivity contribution in [2.45, 2.75) is 18.9 Å². The molecule has 0 N–H and O–H groups in total. The topological polar surface area (TPSA) is 32.7 Å². The van der Waals surface area contributed by atoms with Crippen molar-refractivity contribution >= 4 is 17.8 Å². The molecule has 0 aromatic heterocycles. The lowest BCUT2D eigenvalue weighted by Gasteiger charge is -2.19. The van der Waals surface area contributed by atoms with Gasteiger partial charge >= 0.3 is 0 Å². The SMILES string of the molecule is O=C1c2ccc(F)cc2N=C[C@@H]2CCCN12.